The molecule has 0 fully saturated rings. The lowest BCUT2D eigenvalue weighted by molar-refractivity contribution is 0.145. The van der Waals surface area contributed by atoms with E-state index in [4.69, 9.17) is 14.2 Å². The van der Waals surface area contributed by atoms with Gasteiger partial charge < -0.3 is 14.2 Å². The van der Waals surface area contributed by atoms with Gasteiger partial charge in [-0.1, -0.05) is 0 Å². The first-order valence-electron chi connectivity index (χ1n) is 8.48. The summed E-state index contributed by atoms with van der Waals surface area (Å²) in [6.07, 6.45) is 5.51. The van der Waals surface area contributed by atoms with E-state index in [2.05, 4.69) is 14.7 Å². The second-order valence-corrected chi connectivity index (χ2v) is 7.82. The average molecular weight is 420 g/mol. The normalized spacial score (nSPS) is 11.4. The van der Waals surface area contributed by atoms with Gasteiger partial charge in [-0.2, -0.15) is 0 Å². The number of rotatable bonds is 8. The molecule has 0 amide bonds. The predicted molar refractivity (Wildman–Crippen MR) is 107 cm³/mol. The fourth-order valence-corrected chi connectivity index (χ4v) is 3.16. The van der Waals surface area contributed by atoms with Crippen LogP contribution >= 0.6 is 0 Å². The fourth-order valence-electron chi connectivity index (χ4n) is 2.61. The second-order valence-electron chi connectivity index (χ2n) is 6.07. The van der Waals surface area contributed by atoms with Crippen LogP contribution in [0, 0.1) is 0 Å². The van der Waals surface area contributed by atoms with Crippen molar-refractivity contribution < 1.29 is 22.6 Å². The smallest absolute Gasteiger partial charge is 0.300 e. The van der Waals surface area contributed by atoms with Crippen molar-refractivity contribution in [3.63, 3.8) is 0 Å². The minimum absolute atomic E-state index is 0.101. The molecule has 11 heteroatoms. The second kappa shape index (κ2) is 8.45. The number of pyridine rings is 2. The molecular weight excluding hydrogens is 400 g/mol. The summed E-state index contributed by atoms with van der Waals surface area (Å²) in [4.78, 5) is 21.0. The molecule has 0 aromatic carbocycles. The Morgan fingerprint density at radius 3 is 2.59 bits per heavy atom. The van der Waals surface area contributed by atoms with Crippen LogP contribution in [0.25, 0.3) is 16.8 Å². The first-order chi connectivity index (χ1) is 13.8. The van der Waals surface area contributed by atoms with Gasteiger partial charge in [-0.25, -0.2) is 18.4 Å². The molecule has 154 valence electrons. The Labute approximate surface area is 167 Å². The van der Waals surface area contributed by atoms with Gasteiger partial charge in [-0.3, -0.25) is 13.9 Å². The van der Waals surface area contributed by atoms with Crippen LogP contribution in [-0.4, -0.2) is 56.5 Å². The molecule has 29 heavy (non-hydrogen) atoms. The van der Waals surface area contributed by atoms with Crippen molar-refractivity contribution in [1.29, 1.82) is 0 Å². The maximum absolute atomic E-state index is 12.7. The average Bonchev–Trinajstić information content (AvgIpc) is 2.68. The molecule has 1 N–H and O–H groups in total. The van der Waals surface area contributed by atoms with E-state index in [1.807, 2.05) is 0 Å². The van der Waals surface area contributed by atoms with Crippen molar-refractivity contribution in [2.75, 3.05) is 38.4 Å². The topological polar surface area (TPSA) is 121 Å². The highest BCUT2D eigenvalue weighted by Crippen LogP contribution is 2.28. The Morgan fingerprint density at radius 1 is 1.10 bits per heavy atom. The van der Waals surface area contributed by atoms with E-state index in [0.29, 0.717) is 23.4 Å². The Morgan fingerprint density at radius 2 is 1.90 bits per heavy atom. The number of anilines is 1. The van der Waals surface area contributed by atoms with Gasteiger partial charge in [-0.05, 0) is 18.2 Å². The summed E-state index contributed by atoms with van der Waals surface area (Å²) < 4.78 is 42.4. The van der Waals surface area contributed by atoms with E-state index in [0.717, 1.165) is 6.26 Å². The highest BCUT2D eigenvalue weighted by atomic mass is 32.2. The summed E-state index contributed by atoms with van der Waals surface area (Å²) in [6, 6.07) is 5.00. The predicted octanol–water partition coefficient (Wildman–Crippen LogP) is 1.16. The van der Waals surface area contributed by atoms with Gasteiger partial charge in [-0.15, -0.1) is 0 Å². The summed E-state index contributed by atoms with van der Waals surface area (Å²) in [5.41, 5.74) is 1.46. The SMILES string of the molecule is COCCOc1cnc2ccc(-c3cnc(OC)c(NS(C)(=O)=O)c3)cn2c1=O. The lowest BCUT2D eigenvalue weighted by Gasteiger charge is -2.12. The third-order valence-electron chi connectivity index (χ3n) is 3.89. The molecule has 10 nitrogen and oxygen atoms in total. The number of ether oxygens (including phenoxy) is 3. The van der Waals surface area contributed by atoms with Gasteiger partial charge in [0, 0.05) is 30.6 Å². The maximum Gasteiger partial charge on any atom is 0.300 e. The summed E-state index contributed by atoms with van der Waals surface area (Å²) in [5.74, 6) is 0.233. The molecule has 3 heterocycles. The van der Waals surface area contributed by atoms with Crippen LogP contribution in [0.15, 0.2) is 41.6 Å². The van der Waals surface area contributed by atoms with Crippen molar-refractivity contribution in [2.24, 2.45) is 0 Å². The molecule has 3 rings (SSSR count). The van der Waals surface area contributed by atoms with E-state index in [9.17, 15) is 13.2 Å². The quantitative estimate of drug-likeness (QED) is 0.539. The summed E-state index contributed by atoms with van der Waals surface area (Å²) in [5, 5.41) is 0. The zero-order valence-corrected chi connectivity index (χ0v) is 16.9. The molecule has 0 aliphatic carbocycles. The number of hydrogen-bond acceptors (Lipinski definition) is 8. The Kier molecular flexibility index (Phi) is 5.99. The van der Waals surface area contributed by atoms with Crippen LogP contribution in [-0.2, 0) is 14.8 Å². The molecule has 0 saturated carbocycles. The van der Waals surface area contributed by atoms with Gasteiger partial charge >= 0.3 is 0 Å². The van der Waals surface area contributed by atoms with E-state index in [-0.39, 0.29) is 29.5 Å². The first kappa shape index (κ1) is 20.6. The van der Waals surface area contributed by atoms with Gasteiger partial charge in [0.25, 0.3) is 5.56 Å². The number of hydrogen-bond donors (Lipinski definition) is 1. The summed E-state index contributed by atoms with van der Waals surface area (Å²) in [7, 11) is -0.600. The maximum atomic E-state index is 12.7. The molecule has 0 aliphatic rings. The molecule has 0 bridgehead atoms. The van der Waals surface area contributed by atoms with Crippen molar-refractivity contribution in [3.05, 3.63) is 47.1 Å². The van der Waals surface area contributed by atoms with E-state index < -0.39 is 10.0 Å². The third kappa shape index (κ3) is 4.81. The van der Waals surface area contributed by atoms with E-state index in [1.54, 1.807) is 24.4 Å². The van der Waals surface area contributed by atoms with Crippen molar-refractivity contribution in [3.8, 4) is 22.8 Å². The number of nitrogens with zero attached hydrogens (tertiary/aromatic N) is 3. The molecule has 0 spiro atoms. The lowest BCUT2D eigenvalue weighted by Crippen LogP contribution is -2.19. The zero-order valence-electron chi connectivity index (χ0n) is 16.1. The highest BCUT2D eigenvalue weighted by molar-refractivity contribution is 7.92. The van der Waals surface area contributed by atoms with E-state index in [1.165, 1.54) is 31.0 Å². The van der Waals surface area contributed by atoms with Gasteiger partial charge in [0.2, 0.25) is 21.7 Å². The van der Waals surface area contributed by atoms with Crippen molar-refractivity contribution >= 4 is 21.4 Å². The Bertz CT molecular complexity index is 1190. The summed E-state index contributed by atoms with van der Waals surface area (Å²) in [6.45, 7) is 0.567. The fraction of sp³-hybridized carbons (Fsp3) is 0.278. The number of nitrogens with one attached hydrogen (secondary N) is 1. The van der Waals surface area contributed by atoms with Crippen LogP contribution in [0.3, 0.4) is 0 Å². The van der Waals surface area contributed by atoms with Gasteiger partial charge in [0.1, 0.15) is 17.9 Å². The standard InChI is InChI=1S/C18H20N4O6S/c1-26-6-7-28-15-10-19-16-5-4-12(11-22(16)18(15)23)13-8-14(21-29(3,24)25)17(27-2)20-9-13/h4-5,8-11,21H,6-7H2,1-3H3. The lowest BCUT2D eigenvalue weighted by atomic mass is 10.1. The number of methoxy groups -OCH3 is 2. The molecule has 3 aromatic rings. The zero-order chi connectivity index (χ0) is 21.0. The van der Waals surface area contributed by atoms with Crippen LogP contribution in [0.4, 0.5) is 5.69 Å². The van der Waals surface area contributed by atoms with Crippen molar-refractivity contribution in [2.45, 2.75) is 0 Å². The molecular formula is C18H20N4O6S. The van der Waals surface area contributed by atoms with Gasteiger partial charge in [0.15, 0.2) is 0 Å². The summed E-state index contributed by atoms with van der Waals surface area (Å²) >= 11 is 0. The minimum Gasteiger partial charge on any atom is -0.484 e. The number of sulfonamides is 1. The molecule has 0 unspecified atom stereocenters. The van der Waals surface area contributed by atoms with Crippen LogP contribution in [0.5, 0.6) is 11.6 Å². The van der Waals surface area contributed by atoms with Crippen LogP contribution in [0.2, 0.25) is 0 Å². The van der Waals surface area contributed by atoms with Crippen LogP contribution < -0.4 is 19.8 Å². The largest absolute Gasteiger partial charge is 0.484 e. The van der Waals surface area contributed by atoms with Crippen LogP contribution in [0.1, 0.15) is 0 Å². The monoisotopic (exact) mass is 420 g/mol. The van der Waals surface area contributed by atoms with E-state index >= 15 is 0 Å². The minimum atomic E-state index is -3.53. The molecule has 0 saturated heterocycles. The Balaban J connectivity index is 2.04. The Hall–Kier alpha value is -3.18. The molecule has 3 aromatic heterocycles. The third-order valence-corrected chi connectivity index (χ3v) is 4.48. The molecule has 0 atom stereocenters. The highest BCUT2D eigenvalue weighted by Gasteiger charge is 2.13. The molecule has 0 radical (unpaired) electrons. The van der Waals surface area contributed by atoms with Gasteiger partial charge in [0.05, 0.1) is 26.2 Å². The van der Waals surface area contributed by atoms with Crippen molar-refractivity contribution in [1.82, 2.24) is 14.4 Å². The first-order valence-corrected chi connectivity index (χ1v) is 10.4. The number of fused-ring (bicyclic) bond motifs is 1. The molecule has 0 aliphatic heterocycles. The number of aromatic nitrogens is 3.